The molecule has 1 saturated heterocycles. The molecule has 5 heteroatoms. The number of benzene rings is 1. The first kappa shape index (κ1) is 17.7. The minimum Gasteiger partial charge on any atom is -0.334 e. The van der Waals surface area contributed by atoms with Gasteiger partial charge < -0.3 is 9.80 Å². The predicted molar refractivity (Wildman–Crippen MR) is 105 cm³/mol. The standard InChI is InChI=1S/C22H25N3O2/c1-2-17-9-5-6-14-24(17)21(26)18-10-7-11-19(23-18)22(27)25-15-13-16-8-3-4-12-20(16)25/h3-4,7-8,10-12,17H,2,5-6,9,13-15H2,1H3. The van der Waals surface area contributed by atoms with Crippen LogP contribution in [-0.2, 0) is 6.42 Å². The molecule has 5 nitrogen and oxygen atoms in total. The van der Waals surface area contributed by atoms with E-state index in [1.165, 1.54) is 12.0 Å². The van der Waals surface area contributed by atoms with Gasteiger partial charge in [0.2, 0.25) is 0 Å². The van der Waals surface area contributed by atoms with Crippen LogP contribution in [0.5, 0.6) is 0 Å². The van der Waals surface area contributed by atoms with Gasteiger partial charge in [0.25, 0.3) is 11.8 Å². The molecule has 0 spiro atoms. The summed E-state index contributed by atoms with van der Waals surface area (Å²) < 4.78 is 0. The highest BCUT2D eigenvalue weighted by molar-refractivity contribution is 6.06. The quantitative estimate of drug-likeness (QED) is 0.836. The van der Waals surface area contributed by atoms with Crippen molar-refractivity contribution in [1.82, 2.24) is 9.88 Å². The zero-order valence-electron chi connectivity index (χ0n) is 15.7. The van der Waals surface area contributed by atoms with E-state index in [0.717, 1.165) is 37.9 Å². The smallest absolute Gasteiger partial charge is 0.276 e. The fourth-order valence-corrected chi connectivity index (χ4v) is 4.20. The molecule has 2 aliphatic rings. The van der Waals surface area contributed by atoms with Crippen LogP contribution in [0, 0.1) is 0 Å². The van der Waals surface area contributed by atoms with Crippen molar-refractivity contribution in [3.63, 3.8) is 0 Å². The lowest BCUT2D eigenvalue weighted by Gasteiger charge is -2.35. The van der Waals surface area contributed by atoms with Gasteiger partial charge in [-0.25, -0.2) is 4.98 Å². The third-order valence-electron chi connectivity index (χ3n) is 5.68. The third kappa shape index (κ3) is 3.34. The molecule has 140 valence electrons. The van der Waals surface area contributed by atoms with E-state index in [1.54, 1.807) is 23.1 Å². The van der Waals surface area contributed by atoms with Crippen LogP contribution >= 0.6 is 0 Å². The van der Waals surface area contributed by atoms with E-state index in [-0.39, 0.29) is 17.9 Å². The van der Waals surface area contributed by atoms with Gasteiger partial charge in [-0.2, -0.15) is 0 Å². The average molecular weight is 363 g/mol. The summed E-state index contributed by atoms with van der Waals surface area (Å²) in [5.41, 5.74) is 2.83. The molecular formula is C22H25N3O2. The van der Waals surface area contributed by atoms with E-state index in [0.29, 0.717) is 17.9 Å². The molecule has 3 heterocycles. The van der Waals surface area contributed by atoms with Gasteiger partial charge in [0.15, 0.2) is 0 Å². The average Bonchev–Trinajstić information content (AvgIpc) is 3.17. The van der Waals surface area contributed by atoms with E-state index in [4.69, 9.17) is 0 Å². The Labute approximate surface area is 160 Å². The highest BCUT2D eigenvalue weighted by Crippen LogP contribution is 2.28. The number of amides is 2. The molecule has 27 heavy (non-hydrogen) atoms. The van der Waals surface area contributed by atoms with Crippen LogP contribution in [0.2, 0.25) is 0 Å². The molecule has 0 aliphatic carbocycles. The van der Waals surface area contributed by atoms with Gasteiger partial charge in [-0.3, -0.25) is 9.59 Å². The van der Waals surface area contributed by atoms with Crippen molar-refractivity contribution in [2.45, 2.75) is 45.1 Å². The van der Waals surface area contributed by atoms with Gasteiger partial charge >= 0.3 is 0 Å². The van der Waals surface area contributed by atoms with Crippen molar-refractivity contribution in [1.29, 1.82) is 0 Å². The maximum Gasteiger partial charge on any atom is 0.276 e. The number of piperidine rings is 1. The molecule has 2 amide bonds. The second-order valence-corrected chi connectivity index (χ2v) is 7.30. The number of nitrogens with zero attached hydrogens (tertiary/aromatic N) is 3. The number of hydrogen-bond acceptors (Lipinski definition) is 3. The second kappa shape index (κ2) is 7.51. The van der Waals surface area contributed by atoms with Crippen molar-refractivity contribution < 1.29 is 9.59 Å². The molecule has 0 radical (unpaired) electrons. The summed E-state index contributed by atoms with van der Waals surface area (Å²) in [5, 5.41) is 0. The Balaban J connectivity index is 1.58. The first-order valence-corrected chi connectivity index (χ1v) is 9.87. The van der Waals surface area contributed by atoms with Crippen LogP contribution in [0.25, 0.3) is 0 Å². The van der Waals surface area contributed by atoms with Crippen LogP contribution in [-0.4, -0.2) is 40.8 Å². The summed E-state index contributed by atoms with van der Waals surface area (Å²) >= 11 is 0. The first-order valence-electron chi connectivity index (χ1n) is 9.87. The molecule has 1 unspecified atom stereocenters. The van der Waals surface area contributed by atoms with Crippen LogP contribution in [0.4, 0.5) is 5.69 Å². The van der Waals surface area contributed by atoms with Crippen LogP contribution < -0.4 is 4.90 Å². The summed E-state index contributed by atoms with van der Waals surface area (Å²) in [7, 11) is 0. The van der Waals surface area contributed by atoms with E-state index < -0.39 is 0 Å². The van der Waals surface area contributed by atoms with Crippen LogP contribution in [0.1, 0.15) is 59.1 Å². The zero-order valence-corrected chi connectivity index (χ0v) is 15.7. The maximum atomic E-state index is 13.0. The Morgan fingerprint density at radius 3 is 2.59 bits per heavy atom. The molecule has 0 N–H and O–H groups in total. The number of carbonyl (C=O) groups is 2. The van der Waals surface area contributed by atoms with Crippen molar-refractivity contribution in [2.24, 2.45) is 0 Å². The highest BCUT2D eigenvalue weighted by Gasteiger charge is 2.29. The summed E-state index contributed by atoms with van der Waals surface area (Å²) in [4.78, 5) is 34.2. The number of anilines is 1. The molecule has 4 rings (SSSR count). The Morgan fingerprint density at radius 2 is 1.78 bits per heavy atom. The van der Waals surface area contributed by atoms with Gasteiger partial charge in [0, 0.05) is 24.8 Å². The van der Waals surface area contributed by atoms with Crippen molar-refractivity contribution in [3.8, 4) is 0 Å². The maximum absolute atomic E-state index is 13.0. The van der Waals surface area contributed by atoms with Crippen molar-refractivity contribution in [3.05, 3.63) is 59.4 Å². The lowest BCUT2D eigenvalue weighted by molar-refractivity contribution is 0.0602. The molecule has 2 aromatic rings. The first-order chi connectivity index (χ1) is 13.2. The Morgan fingerprint density at radius 1 is 1.00 bits per heavy atom. The molecule has 0 saturated carbocycles. The normalized spacial score (nSPS) is 19.1. The summed E-state index contributed by atoms with van der Waals surface area (Å²) in [5.74, 6) is -0.196. The molecule has 1 fully saturated rings. The number of rotatable bonds is 3. The minimum absolute atomic E-state index is 0.0574. The fraction of sp³-hybridized carbons (Fsp3) is 0.409. The van der Waals surface area contributed by atoms with Crippen LogP contribution in [0.3, 0.4) is 0 Å². The molecule has 1 aromatic heterocycles. The van der Waals surface area contributed by atoms with Crippen molar-refractivity contribution >= 4 is 17.5 Å². The summed E-state index contributed by atoms with van der Waals surface area (Å²) in [6.07, 6.45) is 5.06. The van der Waals surface area contributed by atoms with Gasteiger partial charge in [-0.1, -0.05) is 31.2 Å². The molecule has 1 atom stereocenters. The summed E-state index contributed by atoms with van der Waals surface area (Å²) in [6.45, 7) is 3.55. The topological polar surface area (TPSA) is 53.5 Å². The minimum atomic E-state index is -0.139. The molecular weight excluding hydrogens is 338 g/mol. The number of fused-ring (bicyclic) bond motifs is 1. The highest BCUT2D eigenvalue weighted by atomic mass is 16.2. The Bertz CT molecular complexity index is 864. The Kier molecular flexibility index (Phi) is 4.92. The Hall–Kier alpha value is -2.69. The number of likely N-dealkylation sites (tertiary alicyclic amines) is 1. The number of para-hydroxylation sites is 1. The fourth-order valence-electron chi connectivity index (χ4n) is 4.20. The lowest BCUT2D eigenvalue weighted by atomic mass is 9.99. The van der Waals surface area contributed by atoms with E-state index in [9.17, 15) is 9.59 Å². The second-order valence-electron chi connectivity index (χ2n) is 7.30. The number of hydrogen-bond donors (Lipinski definition) is 0. The molecule has 1 aromatic carbocycles. The predicted octanol–water partition coefficient (Wildman–Crippen LogP) is 3.69. The molecule has 0 bridgehead atoms. The molecule has 2 aliphatic heterocycles. The number of pyridine rings is 1. The third-order valence-corrected chi connectivity index (χ3v) is 5.68. The van der Waals surface area contributed by atoms with Crippen molar-refractivity contribution in [2.75, 3.05) is 18.0 Å². The van der Waals surface area contributed by atoms with Gasteiger partial charge in [0.05, 0.1) is 0 Å². The lowest BCUT2D eigenvalue weighted by Crippen LogP contribution is -2.43. The van der Waals surface area contributed by atoms with Gasteiger partial charge in [-0.15, -0.1) is 0 Å². The SMILES string of the molecule is CCC1CCCCN1C(=O)c1cccc(C(=O)N2CCc3ccccc32)n1. The number of aromatic nitrogens is 1. The van der Waals surface area contributed by atoms with Gasteiger partial charge in [0.1, 0.15) is 11.4 Å². The van der Waals surface area contributed by atoms with E-state index >= 15 is 0 Å². The van der Waals surface area contributed by atoms with E-state index in [1.807, 2.05) is 23.1 Å². The summed E-state index contributed by atoms with van der Waals surface area (Å²) in [6, 6.07) is 13.4. The van der Waals surface area contributed by atoms with Crippen LogP contribution in [0.15, 0.2) is 42.5 Å². The van der Waals surface area contributed by atoms with E-state index in [2.05, 4.69) is 18.0 Å². The monoisotopic (exact) mass is 363 g/mol. The zero-order chi connectivity index (χ0) is 18.8. The number of carbonyl (C=O) groups excluding carboxylic acids is 2. The van der Waals surface area contributed by atoms with Gasteiger partial charge in [-0.05, 0) is 55.9 Å². The largest absolute Gasteiger partial charge is 0.334 e.